The number of esters is 2. The molecule has 0 aromatic carbocycles. The average molecular weight is 936 g/mol. The molecule has 0 amide bonds. The summed E-state index contributed by atoms with van der Waals surface area (Å²) in [5.41, 5.74) is 5.35. The van der Waals surface area contributed by atoms with Crippen molar-refractivity contribution in [1.29, 1.82) is 0 Å². The monoisotopic (exact) mass is 936 g/mol. The van der Waals surface area contributed by atoms with Crippen LogP contribution >= 0.6 is 7.82 Å². The first-order valence-electron chi connectivity index (χ1n) is 26.0. The molecule has 0 aliphatic heterocycles. The van der Waals surface area contributed by atoms with Crippen LogP contribution < -0.4 is 0 Å². The van der Waals surface area contributed by atoms with E-state index in [1.54, 1.807) is 0 Å². The molecule has 0 bridgehead atoms. The first kappa shape index (κ1) is 58.7. The van der Waals surface area contributed by atoms with Crippen molar-refractivity contribution >= 4 is 19.8 Å². The summed E-state index contributed by atoms with van der Waals surface area (Å²) in [7, 11) is -0.739. The molecule has 376 valence electrons. The van der Waals surface area contributed by atoms with Crippen LogP contribution in [-0.2, 0) is 58.4 Å². The van der Waals surface area contributed by atoms with E-state index in [-0.39, 0.29) is 32.0 Å². The molecule has 0 saturated heterocycles. The van der Waals surface area contributed by atoms with Crippen LogP contribution in [0.25, 0.3) is 0 Å². The Balaban J connectivity index is 1.59. The second-order valence-electron chi connectivity index (χ2n) is 18.9. The molecule has 0 aliphatic rings. The van der Waals surface area contributed by atoms with Crippen molar-refractivity contribution in [3.63, 3.8) is 0 Å². The highest BCUT2D eigenvalue weighted by Crippen LogP contribution is 2.43. The van der Waals surface area contributed by atoms with E-state index in [1.165, 1.54) is 136 Å². The molecule has 2 aromatic rings. The zero-order valence-electron chi connectivity index (χ0n) is 42.6. The van der Waals surface area contributed by atoms with Gasteiger partial charge in [0.1, 0.15) is 29.6 Å². The van der Waals surface area contributed by atoms with Crippen LogP contribution in [0.15, 0.2) is 8.83 Å². The number of hydrogen-bond acceptors (Lipinski definition) is 10. The summed E-state index contributed by atoms with van der Waals surface area (Å²) in [6, 6.07) is 0. The van der Waals surface area contributed by atoms with E-state index >= 15 is 0 Å². The number of ether oxygens (including phenoxy) is 2. The van der Waals surface area contributed by atoms with E-state index in [1.807, 2.05) is 19.0 Å². The topological polar surface area (TPSA) is 138 Å². The number of furan rings is 2. The predicted molar refractivity (Wildman–Crippen MR) is 264 cm³/mol. The Bertz CT molecular complexity index is 1600. The third-order valence-electron chi connectivity index (χ3n) is 12.8. The number of hydrogen-bond donors (Lipinski definition) is 1. The van der Waals surface area contributed by atoms with Gasteiger partial charge in [-0.25, -0.2) is 4.57 Å². The van der Waals surface area contributed by atoms with Gasteiger partial charge in [0.25, 0.3) is 0 Å². The first-order valence-corrected chi connectivity index (χ1v) is 27.5. The lowest BCUT2D eigenvalue weighted by Gasteiger charge is -2.20. The van der Waals surface area contributed by atoms with Crippen molar-refractivity contribution in [2.24, 2.45) is 0 Å². The van der Waals surface area contributed by atoms with Gasteiger partial charge in [-0.05, 0) is 103 Å². The summed E-state index contributed by atoms with van der Waals surface area (Å²) in [4.78, 5) is 37.4. The van der Waals surface area contributed by atoms with Crippen LogP contribution in [0.3, 0.4) is 0 Å². The van der Waals surface area contributed by atoms with Crippen LogP contribution in [0.4, 0.5) is 0 Å². The Hall–Kier alpha value is -2.43. The van der Waals surface area contributed by atoms with Crippen molar-refractivity contribution in [3.05, 3.63) is 45.3 Å². The zero-order chi connectivity index (χ0) is 47.7. The Morgan fingerprint density at radius 2 is 0.877 bits per heavy atom. The molecule has 0 aliphatic carbocycles. The predicted octanol–water partition coefficient (Wildman–Crippen LogP) is 14.3. The van der Waals surface area contributed by atoms with Gasteiger partial charge in [0.05, 0.1) is 13.2 Å². The van der Waals surface area contributed by atoms with E-state index < -0.39 is 26.5 Å². The Labute approximate surface area is 395 Å². The summed E-state index contributed by atoms with van der Waals surface area (Å²) >= 11 is 0. The van der Waals surface area contributed by atoms with Gasteiger partial charge >= 0.3 is 19.8 Å². The minimum absolute atomic E-state index is 0.00272. The third kappa shape index (κ3) is 27.2. The molecule has 2 atom stereocenters. The van der Waals surface area contributed by atoms with Gasteiger partial charge in [0, 0.05) is 45.1 Å². The molecule has 1 unspecified atom stereocenters. The zero-order valence-corrected chi connectivity index (χ0v) is 43.5. The number of likely N-dealkylation sites (N-methyl/N-ethyl adjacent to an activating group) is 1. The molecule has 0 fully saturated rings. The summed E-state index contributed by atoms with van der Waals surface area (Å²) in [5.74, 6) is 3.89. The number of unbranched alkanes of at least 4 members (excludes halogenated alkanes) is 20. The van der Waals surface area contributed by atoms with Gasteiger partial charge in [-0.3, -0.25) is 18.6 Å². The standard InChI is InChI=1S/C53H94NO10P/c1-9-11-27-33-48-43(3)45(5)50(63-48)35-29-23-19-15-13-14-16-21-25-31-37-52(55)59-41-47(42-61-65(57,58)60-40-39-54(7)8)62-53(56)38-32-26-22-18-17-20-24-30-36-51-46(6)44(4)49(64-51)34-28-12-10-2/h47H,9-42H2,1-8H3,(H,57,58)/t47-/m1/s1. The molecule has 2 aromatic heterocycles. The highest BCUT2D eigenvalue weighted by Gasteiger charge is 2.26. The number of phosphoric acid groups is 1. The van der Waals surface area contributed by atoms with Gasteiger partial charge in [-0.1, -0.05) is 129 Å². The number of carbonyl (C=O) groups excluding carboxylic acids is 2. The quantitative estimate of drug-likeness (QED) is 0.0387. The summed E-state index contributed by atoms with van der Waals surface area (Å²) in [5, 5.41) is 0. The first-order chi connectivity index (χ1) is 31.3. The largest absolute Gasteiger partial charge is 0.472 e. The van der Waals surface area contributed by atoms with E-state index in [9.17, 15) is 19.0 Å². The lowest BCUT2D eigenvalue weighted by molar-refractivity contribution is -0.161. The highest BCUT2D eigenvalue weighted by molar-refractivity contribution is 7.47. The van der Waals surface area contributed by atoms with Crippen LogP contribution in [-0.4, -0.2) is 68.3 Å². The van der Waals surface area contributed by atoms with Gasteiger partial charge in [-0.2, -0.15) is 0 Å². The van der Waals surface area contributed by atoms with Crippen LogP contribution in [0.1, 0.15) is 226 Å². The highest BCUT2D eigenvalue weighted by atomic mass is 31.2. The van der Waals surface area contributed by atoms with Gasteiger partial charge in [0.2, 0.25) is 0 Å². The molecule has 2 heterocycles. The molecule has 65 heavy (non-hydrogen) atoms. The number of aryl methyl sites for hydroxylation is 4. The maximum absolute atomic E-state index is 12.8. The van der Waals surface area contributed by atoms with Crippen molar-refractivity contribution < 1.29 is 46.4 Å². The van der Waals surface area contributed by atoms with Crippen molar-refractivity contribution in [2.75, 3.05) is 40.5 Å². The fourth-order valence-corrected chi connectivity index (χ4v) is 8.96. The van der Waals surface area contributed by atoms with Gasteiger partial charge < -0.3 is 28.1 Å². The molecule has 12 heteroatoms. The lowest BCUT2D eigenvalue weighted by atomic mass is 10.0. The number of carbonyl (C=O) groups is 2. The fraction of sp³-hybridized carbons (Fsp3) is 0.811. The second-order valence-corrected chi connectivity index (χ2v) is 20.3. The van der Waals surface area contributed by atoms with Crippen LogP contribution in [0.2, 0.25) is 0 Å². The summed E-state index contributed by atoms with van der Waals surface area (Å²) < 4.78 is 46.2. The molecule has 11 nitrogen and oxygen atoms in total. The number of phosphoric ester groups is 1. The van der Waals surface area contributed by atoms with E-state index in [4.69, 9.17) is 27.4 Å². The smallest absolute Gasteiger partial charge is 0.466 e. The molecular formula is C53H94NO10P. The minimum atomic E-state index is -4.39. The Kier molecular flexibility index (Phi) is 32.2. The molecule has 1 N–H and O–H groups in total. The maximum Gasteiger partial charge on any atom is 0.472 e. The van der Waals surface area contributed by atoms with E-state index in [0.29, 0.717) is 13.0 Å². The summed E-state index contributed by atoms with van der Waals surface area (Å²) in [6.45, 7) is 13.0. The number of rotatable bonds is 42. The third-order valence-corrected chi connectivity index (χ3v) is 13.8. The molecule has 0 radical (unpaired) electrons. The lowest BCUT2D eigenvalue weighted by Crippen LogP contribution is -2.29. The normalized spacial score (nSPS) is 13.1. The fourth-order valence-electron chi connectivity index (χ4n) is 8.22. The average Bonchev–Trinajstić information content (AvgIpc) is 3.69. The molecule has 0 saturated carbocycles. The van der Waals surface area contributed by atoms with E-state index in [2.05, 4.69) is 41.5 Å². The van der Waals surface area contributed by atoms with E-state index in [0.717, 1.165) is 82.8 Å². The Morgan fingerprint density at radius 3 is 1.26 bits per heavy atom. The maximum atomic E-state index is 12.8. The number of nitrogens with zero attached hydrogens (tertiary/aromatic N) is 1. The van der Waals surface area contributed by atoms with Crippen LogP contribution in [0, 0.1) is 27.7 Å². The van der Waals surface area contributed by atoms with Gasteiger partial charge in [0.15, 0.2) is 6.10 Å². The van der Waals surface area contributed by atoms with Gasteiger partial charge in [-0.15, -0.1) is 0 Å². The van der Waals surface area contributed by atoms with Crippen molar-refractivity contribution in [3.8, 4) is 0 Å². The Morgan fingerprint density at radius 1 is 0.523 bits per heavy atom. The van der Waals surface area contributed by atoms with Crippen LogP contribution in [0.5, 0.6) is 0 Å². The SMILES string of the molecule is CCCCCc1oc(CCCCCCCCCCCCC(=O)OC[C@H](COP(=O)(O)OCCN(C)C)OC(=O)CCCCCCCCCCc2oc(CCCCC)c(C)c2C)c(C)c1C. The molecule has 2 rings (SSSR count). The second kappa shape index (κ2) is 35.7. The minimum Gasteiger partial charge on any atom is -0.466 e. The van der Waals surface area contributed by atoms with Crippen molar-refractivity contribution in [2.45, 2.75) is 240 Å². The molecule has 0 spiro atoms. The summed E-state index contributed by atoms with van der Waals surface area (Å²) in [6.07, 6.45) is 30.6. The molecular weight excluding hydrogens is 842 g/mol. The van der Waals surface area contributed by atoms with Crippen molar-refractivity contribution in [1.82, 2.24) is 4.90 Å².